The predicted octanol–water partition coefficient (Wildman–Crippen LogP) is 1.46. The molecule has 1 aromatic heterocycles. The van der Waals surface area contributed by atoms with Crippen molar-refractivity contribution in [2.75, 3.05) is 0 Å². The van der Waals surface area contributed by atoms with Gasteiger partial charge in [-0.15, -0.1) is 0 Å². The number of aromatic nitrogens is 2. The van der Waals surface area contributed by atoms with E-state index in [1.807, 2.05) is 0 Å². The third-order valence-corrected chi connectivity index (χ3v) is 1.54. The molecule has 0 radical (unpaired) electrons. The van der Waals surface area contributed by atoms with E-state index in [2.05, 4.69) is 15.1 Å². The highest BCUT2D eigenvalue weighted by Crippen LogP contribution is 2.06. The van der Waals surface area contributed by atoms with Crippen LogP contribution in [-0.4, -0.2) is 20.5 Å². The van der Waals surface area contributed by atoms with Crippen molar-refractivity contribution >= 4 is 0 Å². The molecule has 1 aromatic rings. The minimum Gasteiger partial charge on any atom is -0.389 e. The molecule has 0 aliphatic carbocycles. The fourth-order valence-electron chi connectivity index (χ4n) is 1.08. The van der Waals surface area contributed by atoms with Gasteiger partial charge in [0.05, 0.1) is 24.4 Å². The lowest BCUT2D eigenvalue weighted by molar-refractivity contribution is 0.0576. The Morgan fingerprint density at radius 1 is 1.71 bits per heavy atom. The van der Waals surface area contributed by atoms with E-state index >= 15 is 0 Å². The lowest BCUT2D eigenvalue weighted by Gasteiger charge is -2.16. The Balaban J connectivity index is 2.63. The van der Waals surface area contributed by atoms with Gasteiger partial charge in [-0.3, -0.25) is 4.68 Å². The van der Waals surface area contributed by atoms with Crippen LogP contribution >= 0.6 is 0 Å². The first-order valence-corrected chi connectivity index (χ1v) is 4.27. The molecule has 6 nitrogen and oxygen atoms in total. The highest BCUT2D eigenvalue weighted by Gasteiger charge is 2.13. The van der Waals surface area contributed by atoms with Crippen LogP contribution in [0.3, 0.4) is 0 Å². The fourth-order valence-corrected chi connectivity index (χ4v) is 1.08. The van der Waals surface area contributed by atoms with Crippen molar-refractivity contribution in [3.8, 4) is 0 Å². The summed E-state index contributed by atoms with van der Waals surface area (Å²) in [4.78, 5) is 2.64. The highest BCUT2D eigenvalue weighted by atomic mass is 16.3. The maximum absolute atomic E-state index is 9.51. The van der Waals surface area contributed by atoms with E-state index in [0.29, 0.717) is 12.2 Å². The molecule has 6 heteroatoms. The molecule has 0 aliphatic heterocycles. The number of aliphatic hydroxyl groups is 1. The molecule has 0 aliphatic rings. The van der Waals surface area contributed by atoms with Gasteiger partial charge in [0.25, 0.3) is 0 Å². The van der Waals surface area contributed by atoms with Crippen molar-refractivity contribution < 1.29 is 5.11 Å². The van der Waals surface area contributed by atoms with Crippen LogP contribution in [0.15, 0.2) is 17.4 Å². The normalized spacial score (nSPS) is 11.1. The molecule has 1 N–H and O–H groups in total. The minimum atomic E-state index is -0.790. The smallest absolute Gasteiger partial charge is 0.0786 e. The Morgan fingerprint density at radius 2 is 2.43 bits per heavy atom. The van der Waals surface area contributed by atoms with Crippen LogP contribution in [0.5, 0.6) is 0 Å². The lowest BCUT2D eigenvalue weighted by atomic mass is 10.1. The van der Waals surface area contributed by atoms with E-state index in [1.54, 1.807) is 30.8 Å². The van der Waals surface area contributed by atoms with E-state index in [-0.39, 0.29) is 6.54 Å². The van der Waals surface area contributed by atoms with Crippen LogP contribution in [0.4, 0.5) is 0 Å². The topological polar surface area (TPSA) is 86.8 Å². The first-order chi connectivity index (χ1) is 6.51. The number of hydrogen-bond acceptors (Lipinski definition) is 3. The van der Waals surface area contributed by atoms with E-state index in [4.69, 9.17) is 5.53 Å². The number of nitrogens with zero attached hydrogens (tertiary/aromatic N) is 5. The Kier molecular flexibility index (Phi) is 3.11. The van der Waals surface area contributed by atoms with Gasteiger partial charge in [-0.1, -0.05) is 5.11 Å². The number of hydrogen-bond donors (Lipinski definition) is 1. The molecule has 1 heterocycles. The molecule has 0 bridgehead atoms. The van der Waals surface area contributed by atoms with Crippen molar-refractivity contribution in [3.05, 3.63) is 28.4 Å². The Hall–Kier alpha value is -1.52. The van der Waals surface area contributed by atoms with Gasteiger partial charge in [0.2, 0.25) is 0 Å². The monoisotopic (exact) mass is 195 g/mol. The molecule has 0 saturated heterocycles. The zero-order valence-corrected chi connectivity index (χ0v) is 8.25. The second-order valence-corrected chi connectivity index (χ2v) is 3.71. The van der Waals surface area contributed by atoms with Crippen LogP contribution in [0.1, 0.15) is 19.5 Å². The van der Waals surface area contributed by atoms with Crippen LogP contribution in [0.2, 0.25) is 0 Å². The second-order valence-electron chi connectivity index (χ2n) is 3.71. The standard InChI is InChI=1S/C8H13N5O/c1-8(2,14)6-13-4-3-7(11-13)5-10-12-9/h3-4,14H,5-6H2,1-2H3. The van der Waals surface area contributed by atoms with Gasteiger partial charge in [0, 0.05) is 11.1 Å². The maximum Gasteiger partial charge on any atom is 0.0786 e. The van der Waals surface area contributed by atoms with E-state index < -0.39 is 5.60 Å². The molecule has 0 aromatic carbocycles. The Labute approximate surface area is 81.8 Å². The molecule has 14 heavy (non-hydrogen) atoms. The summed E-state index contributed by atoms with van der Waals surface area (Å²) in [5, 5.41) is 17.0. The molecule has 0 spiro atoms. The highest BCUT2D eigenvalue weighted by molar-refractivity contribution is 4.98. The van der Waals surface area contributed by atoms with Crippen molar-refractivity contribution in [1.29, 1.82) is 0 Å². The van der Waals surface area contributed by atoms with Gasteiger partial charge < -0.3 is 5.11 Å². The van der Waals surface area contributed by atoms with Gasteiger partial charge in [0.1, 0.15) is 0 Å². The zero-order valence-electron chi connectivity index (χ0n) is 8.25. The number of azide groups is 1. The average Bonchev–Trinajstić information content (AvgIpc) is 2.46. The van der Waals surface area contributed by atoms with Gasteiger partial charge in [-0.25, -0.2) is 0 Å². The molecule has 0 saturated carbocycles. The maximum atomic E-state index is 9.51. The van der Waals surface area contributed by atoms with Crippen molar-refractivity contribution in [2.45, 2.75) is 32.5 Å². The summed E-state index contributed by atoms with van der Waals surface area (Å²) < 4.78 is 1.63. The van der Waals surface area contributed by atoms with Gasteiger partial charge in [-0.2, -0.15) is 5.10 Å². The third-order valence-electron chi connectivity index (χ3n) is 1.54. The van der Waals surface area contributed by atoms with E-state index in [0.717, 1.165) is 0 Å². The average molecular weight is 195 g/mol. The molecule has 0 atom stereocenters. The summed E-state index contributed by atoms with van der Waals surface area (Å²) in [5.41, 5.74) is 8.02. The second kappa shape index (κ2) is 4.13. The third kappa shape index (κ3) is 3.47. The summed E-state index contributed by atoms with van der Waals surface area (Å²) in [6, 6.07) is 1.76. The largest absolute Gasteiger partial charge is 0.389 e. The van der Waals surface area contributed by atoms with Crippen LogP contribution in [0.25, 0.3) is 10.4 Å². The van der Waals surface area contributed by atoms with Crippen LogP contribution in [-0.2, 0) is 13.1 Å². The zero-order chi connectivity index (χ0) is 10.6. The molecule has 0 amide bonds. The lowest BCUT2D eigenvalue weighted by Crippen LogP contribution is -2.26. The molecular formula is C8H13N5O. The van der Waals surface area contributed by atoms with Crippen molar-refractivity contribution in [2.24, 2.45) is 5.11 Å². The van der Waals surface area contributed by atoms with Gasteiger partial charge in [0.15, 0.2) is 0 Å². The molecule has 76 valence electrons. The number of rotatable bonds is 4. The molecule has 1 rings (SSSR count). The Bertz CT molecular complexity index is 345. The Morgan fingerprint density at radius 3 is 3.00 bits per heavy atom. The summed E-state index contributed by atoms with van der Waals surface area (Å²) in [7, 11) is 0. The first kappa shape index (κ1) is 10.6. The SMILES string of the molecule is CC(C)(O)Cn1ccc(CN=[N+]=[N-])n1. The van der Waals surface area contributed by atoms with Crippen molar-refractivity contribution in [3.63, 3.8) is 0 Å². The first-order valence-electron chi connectivity index (χ1n) is 4.27. The summed E-state index contributed by atoms with van der Waals surface area (Å²) in [6.45, 7) is 4.09. The molecule has 0 fully saturated rings. The van der Waals surface area contributed by atoms with Crippen LogP contribution in [0, 0.1) is 0 Å². The molecular weight excluding hydrogens is 182 g/mol. The summed E-state index contributed by atoms with van der Waals surface area (Å²) in [6.07, 6.45) is 1.75. The van der Waals surface area contributed by atoms with Crippen molar-refractivity contribution in [1.82, 2.24) is 9.78 Å². The van der Waals surface area contributed by atoms with E-state index in [1.165, 1.54) is 0 Å². The minimum absolute atomic E-state index is 0.245. The van der Waals surface area contributed by atoms with E-state index in [9.17, 15) is 5.11 Å². The predicted molar refractivity (Wildman–Crippen MR) is 51.4 cm³/mol. The summed E-state index contributed by atoms with van der Waals surface area (Å²) >= 11 is 0. The fraction of sp³-hybridized carbons (Fsp3) is 0.625. The molecule has 0 unspecified atom stereocenters. The van der Waals surface area contributed by atoms with Crippen LogP contribution < -0.4 is 0 Å². The quantitative estimate of drug-likeness (QED) is 0.448. The van der Waals surface area contributed by atoms with Gasteiger partial charge in [-0.05, 0) is 25.4 Å². The van der Waals surface area contributed by atoms with Gasteiger partial charge >= 0.3 is 0 Å². The summed E-state index contributed by atoms with van der Waals surface area (Å²) in [5.74, 6) is 0.